The zero-order valence-electron chi connectivity index (χ0n) is 22.2. The molecule has 40 heavy (non-hydrogen) atoms. The van der Waals surface area contributed by atoms with Gasteiger partial charge in [-0.05, 0) is 83.9 Å². The van der Waals surface area contributed by atoms with Crippen LogP contribution >= 0.6 is 0 Å². The summed E-state index contributed by atoms with van der Waals surface area (Å²) < 4.78 is 0. The van der Waals surface area contributed by atoms with E-state index >= 15 is 0 Å². The van der Waals surface area contributed by atoms with Crippen molar-refractivity contribution in [2.45, 2.75) is 0 Å². The van der Waals surface area contributed by atoms with Gasteiger partial charge in [0.15, 0.2) is 0 Å². The van der Waals surface area contributed by atoms with Gasteiger partial charge >= 0.3 is 0 Å². The summed E-state index contributed by atoms with van der Waals surface area (Å²) in [5, 5.41) is 0. The van der Waals surface area contributed by atoms with Crippen molar-refractivity contribution in [1.29, 1.82) is 0 Å². The quantitative estimate of drug-likeness (QED) is 0.186. The highest BCUT2D eigenvalue weighted by Gasteiger charge is 2.12. The van der Waals surface area contributed by atoms with Crippen LogP contribution in [0, 0.1) is 0 Å². The maximum Gasteiger partial charge on any atom is 0.0462 e. The number of hydrogen-bond acceptors (Lipinski definition) is 2. The van der Waals surface area contributed by atoms with Crippen molar-refractivity contribution in [3.8, 4) is 0 Å². The third kappa shape index (κ3) is 5.72. The molecule has 0 spiro atoms. The second-order valence-corrected chi connectivity index (χ2v) is 9.53. The maximum absolute atomic E-state index is 2.28. The molecule has 2 nitrogen and oxygen atoms in total. The van der Waals surface area contributed by atoms with Gasteiger partial charge in [0, 0.05) is 34.1 Å². The molecule has 6 aromatic rings. The zero-order chi connectivity index (χ0) is 27.0. The van der Waals surface area contributed by atoms with Crippen molar-refractivity contribution < 1.29 is 0 Å². The Labute approximate surface area is 236 Å². The van der Waals surface area contributed by atoms with Crippen molar-refractivity contribution in [2.75, 3.05) is 9.80 Å². The molecule has 0 atom stereocenters. The van der Waals surface area contributed by atoms with Gasteiger partial charge in [0.05, 0.1) is 0 Å². The van der Waals surface area contributed by atoms with Crippen LogP contribution in [0.3, 0.4) is 0 Å². The molecule has 0 fully saturated rings. The van der Waals surface area contributed by atoms with Crippen LogP contribution in [0.1, 0.15) is 11.1 Å². The molecule has 0 radical (unpaired) electrons. The van der Waals surface area contributed by atoms with E-state index in [1.54, 1.807) is 0 Å². The number of rotatable bonds is 8. The van der Waals surface area contributed by atoms with Gasteiger partial charge in [-0.3, -0.25) is 0 Å². The molecule has 0 amide bonds. The van der Waals surface area contributed by atoms with Gasteiger partial charge in [0.1, 0.15) is 0 Å². The highest BCUT2D eigenvalue weighted by Crippen LogP contribution is 2.35. The summed E-state index contributed by atoms with van der Waals surface area (Å²) in [4.78, 5) is 4.55. The number of anilines is 6. The van der Waals surface area contributed by atoms with Crippen molar-refractivity contribution in [3.05, 3.63) is 181 Å². The van der Waals surface area contributed by atoms with Crippen molar-refractivity contribution in [2.24, 2.45) is 0 Å². The number of nitrogens with zero attached hydrogens (tertiary/aromatic N) is 2. The van der Waals surface area contributed by atoms with Crippen LogP contribution < -0.4 is 9.80 Å². The van der Waals surface area contributed by atoms with E-state index < -0.39 is 0 Å². The van der Waals surface area contributed by atoms with Crippen LogP contribution in [-0.2, 0) is 0 Å². The molecular weight excluding hydrogens is 484 g/mol. The predicted octanol–water partition coefficient (Wildman–Crippen LogP) is 10.8. The van der Waals surface area contributed by atoms with E-state index in [0.29, 0.717) is 0 Å². The molecule has 6 rings (SSSR count). The van der Waals surface area contributed by atoms with Gasteiger partial charge in [-0.15, -0.1) is 0 Å². The summed E-state index contributed by atoms with van der Waals surface area (Å²) in [6, 6.07) is 59.3. The lowest BCUT2D eigenvalue weighted by atomic mass is 10.1. The lowest BCUT2D eigenvalue weighted by Crippen LogP contribution is -2.09. The molecule has 0 saturated heterocycles. The van der Waals surface area contributed by atoms with Crippen LogP contribution in [0.15, 0.2) is 170 Å². The Balaban J connectivity index is 1.22. The second-order valence-electron chi connectivity index (χ2n) is 9.53. The average molecular weight is 515 g/mol. The summed E-state index contributed by atoms with van der Waals surface area (Å²) in [5.41, 5.74) is 9.11. The fraction of sp³-hybridized carbons (Fsp3) is 0. The molecular formula is C38H30N2. The van der Waals surface area contributed by atoms with E-state index in [2.05, 4.69) is 168 Å². The topological polar surface area (TPSA) is 6.48 Å². The fourth-order valence-electron chi connectivity index (χ4n) is 4.86. The van der Waals surface area contributed by atoms with Gasteiger partial charge in [-0.25, -0.2) is 0 Å². The van der Waals surface area contributed by atoms with Gasteiger partial charge in [-0.2, -0.15) is 0 Å². The van der Waals surface area contributed by atoms with E-state index in [4.69, 9.17) is 0 Å². The highest BCUT2D eigenvalue weighted by molar-refractivity contribution is 5.80. The van der Waals surface area contributed by atoms with Crippen LogP contribution in [0.5, 0.6) is 0 Å². The number of hydrogen-bond donors (Lipinski definition) is 0. The monoisotopic (exact) mass is 514 g/mol. The molecule has 192 valence electrons. The fourth-order valence-corrected chi connectivity index (χ4v) is 4.86. The third-order valence-corrected chi connectivity index (χ3v) is 6.83. The zero-order valence-corrected chi connectivity index (χ0v) is 22.2. The molecule has 0 unspecified atom stereocenters. The Morgan fingerprint density at radius 1 is 0.250 bits per heavy atom. The molecule has 0 heterocycles. The first kappa shape index (κ1) is 25.0. The van der Waals surface area contributed by atoms with Gasteiger partial charge in [-0.1, -0.05) is 109 Å². The largest absolute Gasteiger partial charge is 0.311 e. The van der Waals surface area contributed by atoms with Crippen LogP contribution in [0.2, 0.25) is 0 Å². The van der Waals surface area contributed by atoms with Gasteiger partial charge < -0.3 is 9.80 Å². The van der Waals surface area contributed by atoms with Crippen molar-refractivity contribution in [3.63, 3.8) is 0 Å². The minimum atomic E-state index is 1.13. The summed E-state index contributed by atoms with van der Waals surface area (Å²) >= 11 is 0. The summed E-state index contributed by atoms with van der Waals surface area (Å²) in [5.74, 6) is 0. The van der Waals surface area contributed by atoms with E-state index in [1.165, 1.54) is 0 Å². The molecule has 0 aromatic heterocycles. The highest BCUT2D eigenvalue weighted by atomic mass is 15.1. The molecule has 6 aromatic carbocycles. The maximum atomic E-state index is 2.28. The number of benzene rings is 6. The molecule has 0 aliphatic heterocycles. The average Bonchev–Trinajstić information content (AvgIpc) is 3.04. The lowest BCUT2D eigenvalue weighted by molar-refractivity contribution is 1.28. The molecule has 0 N–H and O–H groups in total. The smallest absolute Gasteiger partial charge is 0.0462 e. The predicted molar refractivity (Wildman–Crippen MR) is 171 cm³/mol. The normalized spacial score (nSPS) is 10.9. The minimum Gasteiger partial charge on any atom is -0.311 e. The first-order chi connectivity index (χ1) is 19.8. The van der Waals surface area contributed by atoms with Gasteiger partial charge in [0.25, 0.3) is 0 Å². The van der Waals surface area contributed by atoms with E-state index in [1.807, 2.05) is 24.3 Å². The third-order valence-electron chi connectivity index (χ3n) is 6.83. The summed E-state index contributed by atoms with van der Waals surface area (Å²) in [7, 11) is 0. The second kappa shape index (κ2) is 12.0. The van der Waals surface area contributed by atoms with E-state index in [9.17, 15) is 0 Å². The Bertz CT molecular complexity index is 1440. The Morgan fingerprint density at radius 2 is 0.475 bits per heavy atom. The standard InChI is InChI=1S/C38H30N2/c1-5-13-33(14-6-1)39(34-15-7-2-8-16-34)37-27-23-31(24-28-37)21-22-32-25-29-38(30-26-32)40(35-17-9-3-10-18-35)36-19-11-4-12-20-36/h1-30H/b22-21+. The lowest BCUT2D eigenvalue weighted by Gasteiger charge is -2.25. The molecule has 0 aliphatic carbocycles. The summed E-state index contributed by atoms with van der Waals surface area (Å²) in [6.07, 6.45) is 4.33. The molecule has 0 aliphatic rings. The van der Waals surface area contributed by atoms with Crippen LogP contribution in [0.25, 0.3) is 12.2 Å². The first-order valence-corrected chi connectivity index (χ1v) is 13.5. The van der Waals surface area contributed by atoms with Crippen LogP contribution in [0.4, 0.5) is 34.1 Å². The molecule has 0 saturated carbocycles. The first-order valence-electron chi connectivity index (χ1n) is 13.5. The van der Waals surface area contributed by atoms with E-state index in [-0.39, 0.29) is 0 Å². The Hall–Kier alpha value is -5.34. The van der Waals surface area contributed by atoms with E-state index in [0.717, 1.165) is 45.3 Å². The SMILES string of the molecule is C(=C\c1ccc(N(c2ccccc2)c2ccccc2)cc1)/c1ccc(N(c2ccccc2)c2ccccc2)cc1. The molecule has 0 bridgehead atoms. The minimum absolute atomic E-state index is 1.13. The van der Waals surface area contributed by atoms with Crippen molar-refractivity contribution in [1.82, 2.24) is 0 Å². The Morgan fingerprint density at radius 3 is 0.725 bits per heavy atom. The van der Waals surface area contributed by atoms with Gasteiger partial charge in [0.2, 0.25) is 0 Å². The Kier molecular flexibility index (Phi) is 7.50. The molecule has 2 heteroatoms. The summed E-state index contributed by atoms with van der Waals surface area (Å²) in [6.45, 7) is 0. The van der Waals surface area contributed by atoms with Crippen LogP contribution in [-0.4, -0.2) is 0 Å². The van der Waals surface area contributed by atoms with Crippen molar-refractivity contribution >= 4 is 46.3 Å². The number of para-hydroxylation sites is 4.